The number of likely N-dealkylation sites (tertiary alicyclic amines) is 1. The Balaban J connectivity index is 1.25. The van der Waals surface area contributed by atoms with Gasteiger partial charge in [-0.3, -0.25) is 4.79 Å². The number of benzene rings is 1. The SMILES string of the molecule is O=C([C@H]1COc2ccccc2O1)N1CC[C@H](c2noc(-c3cccs3)n2)C1. The predicted molar refractivity (Wildman–Crippen MR) is 97.9 cm³/mol. The lowest BCUT2D eigenvalue weighted by Crippen LogP contribution is -2.45. The van der Waals surface area contributed by atoms with E-state index in [1.54, 1.807) is 16.2 Å². The van der Waals surface area contributed by atoms with E-state index in [-0.39, 0.29) is 18.4 Å². The molecular formula is C19H17N3O4S. The number of hydrogen-bond donors (Lipinski definition) is 0. The van der Waals surface area contributed by atoms with E-state index in [4.69, 9.17) is 14.0 Å². The first-order valence-electron chi connectivity index (χ1n) is 8.82. The second-order valence-electron chi connectivity index (χ2n) is 6.57. The first-order chi connectivity index (χ1) is 13.3. The molecule has 7 nitrogen and oxygen atoms in total. The Morgan fingerprint density at radius 1 is 1.19 bits per heavy atom. The molecule has 1 amide bonds. The fourth-order valence-electron chi connectivity index (χ4n) is 3.42. The van der Waals surface area contributed by atoms with Crippen LogP contribution in [0.25, 0.3) is 10.8 Å². The molecule has 0 radical (unpaired) electrons. The molecule has 138 valence electrons. The second kappa shape index (κ2) is 6.70. The minimum Gasteiger partial charge on any atom is -0.485 e. The zero-order chi connectivity index (χ0) is 18.2. The summed E-state index contributed by atoms with van der Waals surface area (Å²) in [5.74, 6) is 2.48. The number of fused-ring (bicyclic) bond motifs is 1. The fraction of sp³-hybridized carbons (Fsp3) is 0.316. The first-order valence-corrected chi connectivity index (χ1v) is 9.70. The van der Waals surface area contributed by atoms with Crippen molar-refractivity contribution in [1.82, 2.24) is 15.0 Å². The van der Waals surface area contributed by atoms with Gasteiger partial charge in [-0.1, -0.05) is 23.4 Å². The molecule has 0 N–H and O–H groups in total. The van der Waals surface area contributed by atoms with Crippen LogP contribution < -0.4 is 9.47 Å². The maximum Gasteiger partial charge on any atom is 0.267 e. The van der Waals surface area contributed by atoms with Gasteiger partial charge in [-0.15, -0.1) is 11.3 Å². The molecule has 5 rings (SSSR count). The molecule has 3 aromatic rings. The minimum atomic E-state index is -0.620. The summed E-state index contributed by atoms with van der Waals surface area (Å²) >= 11 is 1.56. The Hall–Kier alpha value is -2.87. The Morgan fingerprint density at radius 3 is 2.93 bits per heavy atom. The normalized spacial score (nSPS) is 21.4. The third-order valence-electron chi connectivity index (χ3n) is 4.82. The monoisotopic (exact) mass is 383 g/mol. The number of para-hydroxylation sites is 2. The lowest BCUT2D eigenvalue weighted by Gasteiger charge is -2.28. The first kappa shape index (κ1) is 16.3. The molecule has 0 unspecified atom stereocenters. The summed E-state index contributed by atoms with van der Waals surface area (Å²) in [6.45, 7) is 1.43. The molecule has 1 fully saturated rings. The number of nitrogens with zero attached hydrogens (tertiary/aromatic N) is 3. The number of carbonyl (C=O) groups excluding carboxylic acids is 1. The highest BCUT2D eigenvalue weighted by Crippen LogP contribution is 2.33. The van der Waals surface area contributed by atoms with E-state index < -0.39 is 6.10 Å². The average molecular weight is 383 g/mol. The Kier molecular flexibility index (Phi) is 4.05. The average Bonchev–Trinajstić information content (AvgIpc) is 3.47. The van der Waals surface area contributed by atoms with E-state index in [2.05, 4.69) is 10.1 Å². The zero-order valence-corrected chi connectivity index (χ0v) is 15.2. The van der Waals surface area contributed by atoms with E-state index in [1.807, 2.05) is 41.8 Å². The van der Waals surface area contributed by atoms with Crippen LogP contribution >= 0.6 is 11.3 Å². The van der Waals surface area contributed by atoms with E-state index in [0.29, 0.717) is 36.3 Å². The molecule has 2 aliphatic rings. The molecule has 1 aromatic carbocycles. The number of rotatable bonds is 3. The van der Waals surface area contributed by atoms with Crippen molar-refractivity contribution in [2.24, 2.45) is 0 Å². The standard InChI is InChI=1S/C19H17N3O4S/c23-19(15-11-24-13-4-1-2-5-14(13)25-15)22-8-7-12(10-22)17-20-18(26-21-17)16-6-3-9-27-16/h1-6,9,12,15H,7-8,10-11H2/t12-,15+/m0/s1. The molecule has 0 spiro atoms. The molecule has 8 heteroatoms. The Morgan fingerprint density at radius 2 is 2.07 bits per heavy atom. The van der Waals surface area contributed by atoms with Crippen molar-refractivity contribution >= 4 is 17.2 Å². The van der Waals surface area contributed by atoms with Crippen molar-refractivity contribution in [3.63, 3.8) is 0 Å². The molecule has 4 heterocycles. The lowest BCUT2D eigenvalue weighted by atomic mass is 10.1. The van der Waals surface area contributed by atoms with Crippen molar-refractivity contribution in [3.05, 3.63) is 47.6 Å². The Labute approximate surface area is 159 Å². The summed E-state index contributed by atoms with van der Waals surface area (Å²) in [5.41, 5.74) is 0. The molecular weight excluding hydrogens is 366 g/mol. The largest absolute Gasteiger partial charge is 0.485 e. The smallest absolute Gasteiger partial charge is 0.267 e. The summed E-state index contributed by atoms with van der Waals surface area (Å²) in [6, 6.07) is 11.3. The van der Waals surface area contributed by atoms with Crippen LogP contribution in [0.15, 0.2) is 46.3 Å². The number of aromatic nitrogens is 2. The topological polar surface area (TPSA) is 77.7 Å². The summed E-state index contributed by atoms with van der Waals surface area (Å²) in [7, 11) is 0. The molecule has 2 atom stereocenters. The van der Waals surface area contributed by atoms with Crippen LogP contribution in [0.5, 0.6) is 11.5 Å². The van der Waals surface area contributed by atoms with Crippen molar-refractivity contribution in [2.45, 2.75) is 18.4 Å². The van der Waals surface area contributed by atoms with Gasteiger partial charge in [0.25, 0.3) is 11.8 Å². The van der Waals surface area contributed by atoms with Gasteiger partial charge in [0.1, 0.15) is 6.61 Å². The van der Waals surface area contributed by atoms with Gasteiger partial charge in [0, 0.05) is 19.0 Å². The van der Waals surface area contributed by atoms with Gasteiger partial charge in [-0.05, 0) is 30.0 Å². The molecule has 0 bridgehead atoms. The zero-order valence-electron chi connectivity index (χ0n) is 14.4. The van der Waals surface area contributed by atoms with Crippen LogP contribution in [0.1, 0.15) is 18.2 Å². The van der Waals surface area contributed by atoms with Gasteiger partial charge in [0.15, 0.2) is 17.3 Å². The number of ether oxygens (including phenoxy) is 2. The fourth-order valence-corrected chi connectivity index (χ4v) is 4.06. The molecule has 2 aliphatic heterocycles. The van der Waals surface area contributed by atoms with Crippen molar-refractivity contribution in [1.29, 1.82) is 0 Å². The summed E-state index contributed by atoms with van der Waals surface area (Å²) < 4.78 is 16.9. The number of amides is 1. The van der Waals surface area contributed by atoms with Gasteiger partial charge in [0.05, 0.1) is 4.88 Å². The maximum atomic E-state index is 12.8. The molecule has 27 heavy (non-hydrogen) atoms. The van der Waals surface area contributed by atoms with Gasteiger partial charge in [-0.2, -0.15) is 4.98 Å². The molecule has 0 aliphatic carbocycles. The van der Waals surface area contributed by atoms with Crippen molar-refractivity contribution in [2.75, 3.05) is 19.7 Å². The summed E-state index contributed by atoms with van der Waals surface area (Å²) in [4.78, 5) is 20.1. The Bertz CT molecular complexity index is 956. The quantitative estimate of drug-likeness (QED) is 0.692. The van der Waals surface area contributed by atoms with Gasteiger partial charge in [0.2, 0.25) is 6.10 Å². The van der Waals surface area contributed by atoms with E-state index in [0.717, 1.165) is 11.3 Å². The maximum absolute atomic E-state index is 12.8. The molecule has 1 saturated heterocycles. The van der Waals surface area contributed by atoms with Gasteiger partial charge in [-0.25, -0.2) is 0 Å². The van der Waals surface area contributed by atoms with Gasteiger partial charge < -0.3 is 18.9 Å². The van der Waals surface area contributed by atoms with E-state index in [9.17, 15) is 4.79 Å². The van der Waals surface area contributed by atoms with Crippen LogP contribution in [0.4, 0.5) is 0 Å². The number of hydrogen-bond acceptors (Lipinski definition) is 7. The number of thiophene rings is 1. The third-order valence-corrected chi connectivity index (χ3v) is 5.68. The lowest BCUT2D eigenvalue weighted by molar-refractivity contribution is -0.140. The van der Waals surface area contributed by atoms with Crippen LogP contribution in [0, 0.1) is 0 Å². The van der Waals surface area contributed by atoms with Crippen LogP contribution in [0.2, 0.25) is 0 Å². The summed E-state index contributed by atoms with van der Waals surface area (Å²) in [6.07, 6.45) is 0.185. The number of carbonyl (C=O) groups is 1. The second-order valence-corrected chi connectivity index (χ2v) is 7.52. The third kappa shape index (κ3) is 3.06. The highest BCUT2D eigenvalue weighted by Gasteiger charge is 2.36. The highest BCUT2D eigenvalue weighted by atomic mass is 32.1. The molecule has 0 saturated carbocycles. The van der Waals surface area contributed by atoms with E-state index >= 15 is 0 Å². The van der Waals surface area contributed by atoms with Gasteiger partial charge >= 0.3 is 0 Å². The van der Waals surface area contributed by atoms with Crippen LogP contribution in [-0.2, 0) is 4.79 Å². The minimum absolute atomic E-state index is 0.0611. The van der Waals surface area contributed by atoms with Crippen LogP contribution in [-0.4, -0.2) is 46.7 Å². The van der Waals surface area contributed by atoms with Crippen LogP contribution in [0.3, 0.4) is 0 Å². The highest BCUT2D eigenvalue weighted by molar-refractivity contribution is 7.13. The summed E-state index contributed by atoms with van der Waals surface area (Å²) in [5, 5.41) is 6.09. The van der Waals surface area contributed by atoms with Crippen molar-refractivity contribution in [3.8, 4) is 22.3 Å². The molecule has 2 aromatic heterocycles. The van der Waals surface area contributed by atoms with Crippen molar-refractivity contribution < 1.29 is 18.8 Å². The van der Waals surface area contributed by atoms with E-state index in [1.165, 1.54) is 0 Å². The predicted octanol–water partition coefficient (Wildman–Crippen LogP) is 2.95.